The number of hydrogen-bond acceptors (Lipinski definition) is 3. The normalized spacial score (nSPS) is 28.0. The average molecular weight is 339 g/mol. The third-order valence-electron chi connectivity index (χ3n) is 5.95. The zero-order chi connectivity index (χ0) is 18.1. The Hall–Kier alpha value is -1.68. The molecule has 2 aromatic carbocycles. The number of hydrogen-bond donors (Lipinski definition) is 2. The van der Waals surface area contributed by atoms with Gasteiger partial charge in [0, 0.05) is 19.0 Å². The minimum atomic E-state index is -1.21. The molecule has 0 spiro atoms. The third kappa shape index (κ3) is 3.50. The summed E-state index contributed by atoms with van der Waals surface area (Å²) in [5.41, 5.74) is -0.463. The zero-order valence-electron chi connectivity index (χ0n) is 15.4. The SMILES string of the molecule is C[C@H]1C[C@](O)(CC(O)(c2ccccc2)c2ccccc2)[C@@H](C)CN1C. The van der Waals surface area contributed by atoms with Crippen LogP contribution in [0.15, 0.2) is 60.7 Å². The molecule has 3 heteroatoms. The van der Waals surface area contributed by atoms with Crippen molar-refractivity contribution in [1.29, 1.82) is 0 Å². The molecule has 0 aliphatic carbocycles. The molecule has 3 nitrogen and oxygen atoms in total. The molecule has 0 saturated carbocycles. The topological polar surface area (TPSA) is 43.7 Å². The van der Waals surface area contributed by atoms with Gasteiger partial charge in [0.15, 0.2) is 0 Å². The van der Waals surface area contributed by atoms with Crippen molar-refractivity contribution in [1.82, 2.24) is 4.90 Å². The quantitative estimate of drug-likeness (QED) is 0.897. The Kier molecular flexibility index (Phi) is 5.01. The van der Waals surface area contributed by atoms with Crippen LogP contribution in [-0.2, 0) is 5.60 Å². The summed E-state index contributed by atoms with van der Waals surface area (Å²) in [5.74, 6) is 0.0904. The number of aliphatic hydroxyl groups is 2. The van der Waals surface area contributed by atoms with Gasteiger partial charge in [0.25, 0.3) is 0 Å². The van der Waals surface area contributed by atoms with E-state index in [9.17, 15) is 10.2 Å². The first-order valence-electron chi connectivity index (χ1n) is 9.11. The molecule has 134 valence electrons. The first kappa shape index (κ1) is 18.1. The lowest BCUT2D eigenvalue weighted by Crippen LogP contribution is -2.56. The molecule has 0 amide bonds. The summed E-state index contributed by atoms with van der Waals surface area (Å²) in [7, 11) is 2.10. The highest BCUT2D eigenvalue weighted by molar-refractivity contribution is 5.36. The fraction of sp³-hybridized carbons (Fsp3) is 0.455. The minimum absolute atomic E-state index is 0.0904. The standard InChI is InChI=1S/C22H29NO2/c1-17-15-23(3)18(2)14-21(17,24)16-22(25,19-10-6-4-7-11-19)20-12-8-5-9-13-20/h4-13,17-18,24-25H,14-16H2,1-3H3/t17-,18-,21-/m0/s1. The van der Waals surface area contributed by atoms with Crippen LogP contribution in [0.4, 0.5) is 0 Å². The first-order valence-corrected chi connectivity index (χ1v) is 9.11. The summed E-state index contributed by atoms with van der Waals surface area (Å²) in [6.07, 6.45) is 0.958. The van der Waals surface area contributed by atoms with E-state index in [0.29, 0.717) is 12.8 Å². The Morgan fingerprint density at radius 1 is 1.00 bits per heavy atom. The van der Waals surface area contributed by atoms with Crippen LogP contribution in [0, 0.1) is 5.92 Å². The predicted octanol–water partition coefficient (Wildman–Crippen LogP) is 3.40. The van der Waals surface area contributed by atoms with Crippen molar-refractivity contribution in [2.24, 2.45) is 5.92 Å². The van der Waals surface area contributed by atoms with Crippen molar-refractivity contribution in [2.45, 2.75) is 43.9 Å². The van der Waals surface area contributed by atoms with Gasteiger partial charge in [0.2, 0.25) is 0 Å². The molecule has 1 heterocycles. The van der Waals surface area contributed by atoms with Gasteiger partial charge in [-0.05, 0) is 37.4 Å². The molecule has 25 heavy (non-hydrogen) atoms. The van der Waals surface area contributed by atoms with Gasteiger partial charge in [-0.1, -0.05) is 67.6 Å². The van der Waals surface area contributed by atoms with Crippen molar-refractivity contribution in [3.05, 3.63) is 71.8 Å². The van der Waals surface area contributed by atoms with Gasteiger partial charge >= 0.3 is 0 Å². The highest BCUT2D eigenvalue weighted by Gasteiger charge is 2.47. The van der Waals surface area contributed by atoms with Gasteiger partial charge < -0.3 is 15.1 Å². The number of likely N-dealkylation sites (tertiary alicyclic amines) is 1. The summed E-state index contributed by atoms with van der Waals surface area (Å²) in [4.78, 5) is 2.28. The molecule has 1 saturated heterocycles. The molecule has 1 fully saturated rings. The van der Waals surface area contributed by atoms with E-state index in [1.165, 1.54) is 0 Å². The summed E-state index contributed by atoms with van der Waals surface area (Å²) in [6.45, 7) is 5.05. The molecule has 3 rings (SSSR count). The van der Waals surface area contributed by atoms with E-state index in [1.54, 1.807) is 0 Å². The van der Waals surface area contributed by atoms with Crippen LogP contribution < -0.4 is 0 Å². The molecule has 1 aliphatic rings. The van der Waals surface area contributed by atoms with Crippen LogP contribution in [-0.4, -0.2) is 40.3 Å². The van der Waals surface area contributed by atoms with E-state index < -0.39 is 11.2 Å². The Morgan fingerprint density at radius 2 is 1.48 bits per heavy atom. The number of rotatable bonds is 4. The number of nitrogens with zero attached hydrogens (tertiary/aromatic N) is 1. The highest BCUT2D eigenvalue weighted by atomic mass is 16.3. The second-order valence-corrected chi connectivity index (χ2v) is 7.77. The molecule has 1 aliphatic heterocycles. The zero-order valence-corrected chi connectivity index (χ0v) is 15.4. The number of piperidine rings is 1. The van der Waals surface area contributed by atoms with Crippen LogP contribution >= 0.6 is 0 Å². The van der Waals surface area contributed by atoms with Crippen LogP contribution in [0.25, 0.3) is 0 Å². The maximum Gasteiger partial charge on any atom is 0.117 e. The maximum absolute atomic E-state index is 11.8. The molecule has 0 aromatic heterocycles. The minimum Gasteiger partial charge on any atom is -0.389 e. The van der Waals surface area contributed by atoms with Gasteiger partial charge in [0.1, 0.15) is 5.60 Å². The molecular formula is C22H29NO2. The highest BCUT2D eigenvalue weighted by Crippen LogP contribution is 2.43. The molecule has 0 bridgehead atoms. The summed E-state index contributed by atoms with van der Waals surface area (Å²) < 4.78 is 0. The van der Waals surface area contributed by atoms with Crippen molar-refractivity contribution >= 4 is 0 Å². The first-order chi connectivity index (χ1) is 11.8. The van der Waals surface area contributed by atoms with Gasteiger partial charge in [-0.15, -0.1) is 0 Å². The van der Waals surface area contributed by atoms with Crippen molar-refractivity contribution in [3.8, 4) is 0 Å². The third-order valence-corrected chi connectivity index (χ3v) is 5.95. The van der Waals surface area contributed by atoms with Crippen molar-refractivity contribution < 1.29 is 10.2 Å². The van der Waals surface area contributed by atoms with E-state index in [1.807, 2.05) is 60.7 Å². The fourth-order valence-electron chi connectivity index (χ4n) is 4.14. The molecule has 0 unspecified atom stereocenters. The van der Waals surface area contributed by atoms with E-state index in [2.05, 4.69) is 25.8 Å². The van der Waals surface area contributed by atoms with Crippen LogP contribution in [0.3, 0.4) is 0 Å². The second kappa shape index (κ2) is 6.91. The van der Waals surface area contributed by atoms with Gasteiger partial charge in [-0.25, -0.2) is 0 Å². The van der Waals surface area contributed by atoms with Gasteiger partial charge in [0.05, 0.1) is 5.60 Å². The lowest BCUT2D eigenvalue weighted by Gasteiger charge is -2.49. The van der Waals surface area contributed by atoms with Crippen molar-refractivity contribution in [2.75, 3.05) is 13.6 Å². The Labute approximate surface area is 150 Å². The summed E-state index contributed by atoms with van der Waals surface area (Å²) >= 11 is 0. The Bertz CT molecular complexity index is 648. The van der Waals surface area contributed by atoms with E-state index in [-0.39, 0.29) is 12.0 Å². The smallest absolute Gasteiger partial charge is 0.117 e. The Balaban J connectivity index is 2.02. The lowest BCUT2D eigenvalue weighted by atomic mass is 9.69. The maximum atomic E-state index is 11.8. The molecule has 0 radical (unpaired) electrons. The van der Waals surface area contributed by atoms with E-state index >= 15 is 0 Å². The largest absolute Gasteiger partial charge is 0.389 e. The summed E-state index contributed by atoms with van der Waals surface area (Å²) in [5, 5.41) is 23.3. The van der Waals surface area contributed by atoms with Gasteiger partial charge in [-0.3, -0.25) is 0 Å². The van der Waals surface area contributed by atoms with E-state index in [4.69, 9.17) is 0 Å². The average Bonchev–Trinajstić information content (AvgIpc) is 2.61. The number of benzene rings is 2. The second-order valence-electron chi connectivity index (χ2n) is 7.77. The predicted molar refractivity (Wildman–Crippen MR) is 101 cm³/mol. The molecule has 2 N–H and O–H groups in total. The van der Waals surface area contributed by atoms with Crippen molar-refractivity contribution in [3.63, 3.8) is 0 Å². The lowest BCUT2D eigenvalue weighted by molar-refractivity contribution is -0.121. The Morgan fingerprint density at radius 3 is 1.96 bits per heavy atom. The molecule has 2 aromatic rings. The van der Waals surface area contributed by atoms with Crippen LogP contribution in [0.5, 0.6) is 0 Å². The monoisotopic (exact) mass is 339 g/mol. The summed E-state index contributed by atoms with van der Waals surface area (Å²) in [6, 6.07) is 19.7. The van der Waals surface area contributed by atoms with Crippen LogP contribution in [0.2, 0.25) is 0 Å². The van der Waals surface area contributed by atoms with Crippen LogP contribution in [0.1, 0.15) is 37.8 Å². The van der Waals surface area contributed by atoms with E-state index in [0.717, 1.165) is 17.7 Å². The molecular weight excluding hydrogens is 310 g/mol. The fourth-order valence-corrected chi connectivity index (χ4v) is 4.14. The molecule has 3 atom stereocenters. The van der Waals surface area contributed by atoms with Gasteiger partial charge in [-0.2, -0.15) is 0 Å².